The second kappa shape index (κ2) is 2.21. The van der Waals surface area contributed by atoms with E-state index < -0.39 is 17.6 Å². The van der Waals surface area contributed by atoms with Crippen molar-refractivity contribution in [1.82, 2.24) is 0 Å². The monoisotopic (exact) mass is 145 g/mol. The van der Waals surface area contributed by atoms with Gasteiger partial charge in [-0.3, -0.25) is 4.79 Å². The maximum absolute atomic E-state index is 10.6. The van der Waals surface area contributed by atoms with Gasteiger partial charge in [-0.25, -0.2) is 0 Å². The predicted molar refractivity (Wildman–Crippen MR) is 34.2 cm³/mol. The van der Waals surface area contributed by atoms with Crippen molar-refractivity contribution in [1.29, 1.82) is 0 Å². The van der Waals surface area contributed by atoms with Crippen LogP contribution in [0.3, 0.4) is 0 Å². The Kier molecular flexibility index (Phi) is 1.66. The van der Waals surface area contributed by atoms with Crippen LogP contribution in [-0.2, 0) is 9.53 Å². The average molecular weight is 145 g/mol. The number of primary amides is 1. The first-order chi connectivity index (χ1) is 4.57. The lowest BCUT2D eigenvalue weighted by Gasteiger charge is -2.20. The van der Waals surface area contributed by atoms with Crippen LogP contribution in [0.4, 0.5) is 0 Å². The molecule has 2 unspecified atom stereocenters. The number of amides is 1. The second-order valence-corrected chi connectivity index (χ2v) is 2.55. The molecule has 0 saturated carbocycles. The van der Waals surface area contributed by atoms with Gasteiger partial charge in [0, 0.05) is 6.42 Å². The second-order valence-electron chi connectivity index (χ2n) is 2.55. The van der Waals surface area contributed by atoms with Crippen molar-refractivity contribution in [2.75, 3.05) is 6.61 Å². The molecular formula is C6H11NO3. The molecule has 1 aliphatic rings. The Morgan fingerprint density at radius 2 is 2.50 bits per heavy atom. The Morgan fingerprint density at radius 3 is 2.70 bits per heavy atom. The number of hydrogen-bond acceptors (Lipinski definition) is 3. The van der Waals surface area contributed by atoms with E-state index in [1.54, 1.807) is 6.92 Å². The molecule has 0 radical (unpaired) electrons. The topological polar surface area (TPSA) is 72.6 Å². The molecule has 1 heterocycles. The quantitative estimate of drug-likeness (QED) is 0.497. The fourth-order valence-electron chi connectivity index (χ4n) is 1.06. The van der Waals surface area contributed by atoms with E-state index >= 15 is 0 Å². The van der Waals surface area contributed by atoms with E-state index in [1.165, 1.54) is 0 Å². The van der Waals surface area contributed by atoms with Crippen LogP contribution in [0.5, 0.6) is 0 Å². The molecule has 10 heavy (non-hydrogen) atoms. The van der Waals surface area contributed by atoms with Crippen LogP contribution in [-0.4, -0.2) is 29.3 Å². The van der Waals surface area contributed by atoms with Crippen LogP contribution in [0, 0.1) is 0 Å². The van der Waals surface area contributed by atoms with E-state index in [-0.39, 0.29) is 0 Å². The summed E-state index contributed by atoms with van der Waals surface area (Å²) in [6.45, 7) is 2.04. The van der Waals surface area contributed by atoms with Crippen LogP contribution < -0.4 is 5.73 Å². The van der Waals surface area contributed by atoms with Gasteiger partial charge in [-0.05, 0) is 6.92 Å². The highest BCUT2D eigenvalue weighted by atomic mass is 16.5. The molecule has 3 N–H and O–H groups in total. The summed E-state index contributed by atoms with van der Waals surface area (Å²) >= 11 is 0. The predicted octanol–water partition coefficient (Wildman–Crippen LogP) is -0.988. The van der Waals surface area contributed by atoms with Crippen molar-refractivity contribution in [3.63, 3.8) is 0 Å². The van der Waals surface area contributed by atoms with E-state index in [0.717, 1.165) is 0 Å². The number of nitrogens with two attached hydrogens (primary N) is 1. The molecule has 0 aromatic rings. The minimum atomic E-state index is -1.43. The van der Waals surface area contributed by atoms with Gasteiger partial charge in [0.15, 0.2) is 5.60 Å². The number of carbonyl (C=O) groups is 1. The van der Waals surface area contributed by atoms with Crippen LogP contribution >= 0.6 is 0 Å². The van der Waals surface area contributed by atoms with E-state index in [2.05, 4.69) is 0 Å². The van der Waals surface area contributed by atoms with Crippen molar-refractivity contribution in [3.05, 3.63) is 0 Å². The third-order valence-corrected chi connectivity index (χ3v) is 1.95. The first-order valence-electron chi connectivity index (χ1n) is 3.21. The highest BCUT2D eigenvalue weighted by Crippen LogP contribution is 2.24. The fraction of sp³-hybridized carbons (Fsp3) is 0.833. The standard InChI is InChI=1S/C6H11NO3/c1-4-6(9,5(7)8)2-3-10-4/h4,9H,2-3H2,1H3,(H2,7,8). The summed E-state index contributed by atoms with van der Waals surface area (Å²) in [5.41, 5.74) is 3.52. The summed E-state index contributed by atoms with van der Waals surface area (Å²) in [4.78, 5) is 10.6. The Morgan fingerprint density at radius 1 is 1.90 bits per heavy atom. The van der Waals surface area contributed by atoms with E-state index in [4.69, 9.17) is 10.5 Å². The first-order valence-corrected chi connectivity index (χ1v) is 3.21. The molecule has 0 aliphatic carbocycles. The van der Waals surface area contributed by atoms with Gasteiger partial charge in [-0.15, -0.1) is 0 Å². The van der Waals surface area contributed by atoms with Gasteiger partial charge < -0.3 is 15.6 Å². The maximum atomic E-state index is 10.6. The molecule has 58 valence electrons. The zero-order valence-corrected chi connectivity index (χ0v) is 5.83. The van der Waals surface area contributed by atoms with E-state index in [0.29, 0.717) is 13.0 Å². The molecule has 0 bridgehead atoms. The first kappa shape index (κ1) is 7.50. The van der Waals surface area contributed by atoms with Crippen LogP contribution in [0.15, 0.2) is 0 Å². The zero-order valence-electron chi connectivity index (χ0n) is 5.83. The van der Waals surface area contributed by atoms with Gasteiger partial charge >= 0.3 is 0 Å². The molecule has 4 heteroatoms. The lowest BCUT2D eigenvalue weighted by atomic mass is 9.96. The zero-order chi connectivity index (χ0) is 7.78. The lowest BCUT2D eigenvalue weighted by Crippen LogP contribution is -2.48. The highest BCUT2D eigenvalue weighted by Gasteiger charge is 2.44. The van der Waals surface area contributed by atoms with Crippen molar-refractivity contribution in [2.24, 2.45) is 5.73 Å². The molecule has 1 fully saturated rings. The SMILES string of the molecule is CC1OCCC1(O)C(N)=O. The van der Waals surface area contributed by atoms with Crippen molar-refractivity contribution in [2.45, 2.75) is 25.0 Å². The lowest BCUT2D eigenvalue weighted by molar-refractivity contribution is -0.140. The normalized spacial score (nSPS) is 40.0. The number of carbonyl (C=O) groups excluding carboxylic acids is 1. The molecule has 0 spiro atoms. The molecular weight excluding hydrogens is 134 g/mol. The van der Waals surface area contributed by atoms with E-state index in [9.17, 15) is 9.90 Å². The van der Waals surface area contributed by atoms with Gasteiger partial charge in [0.1, 0.15) is 0 Å². The molecule has 1 amide bonds. The minimum Gasteiger partial charge on any atom is -0.377 e. The van der Waals surface area contributed by atoms with Gasteiger partial charge in [0.25, 0.3) is 5.91 Å². The molecule has 1 saturated heterocycles. The smallest absolute Gasteiger partial charge is 0.252 e. The Hall–Kier alpha value is -0.610. The third-order valence-electron chi connectivity index (χ3n) is 1.95. The number of aliphatic hydroxyl groups is 1. The number of rotatable bonds is 1. The average Bonchev–Trinajstić information content (AvgIpc) is 2.15. The molecule has 4 nitrogen and oxygen atoms in total. The molecule has 2 atom stereocenters. The summed E-state index contributed by atoms with van der Waals surface area (Å²) < 4.78 is 4.98. The Balaban J connectivity index is 2.75. The summed E-state index contributed by atoms with van der Waals surface area (Å²) in [7, 11) is 0. The summed E-state index contributed by atoms with van der Waals surface area (Å²) in [5, 5.41) is 9.44. The summed E-state index contributed by atoms with van der Waals surface area (Å²) in [6.07, 6.45) is -0.159. The van der Waals surface area contributed by atoms with Gasteiger partial charge in [0.05, 0.1) is 12.7 Å². The molecule has 0 aromatic heterocycles. The summed E-state index contributed by atoms with van der Waals surface area (Å²) in [5.74, 6) is -0.697. The maximum Gasteiger partial charge on any atom is 0.252 e. The van der Waals surface area contributed by atoms with Crippen molar-refractivity contribution < 1.29 is 14.6 Å². The Bertz CT molecular complexity index is 159. The molecule has 1 rings (SSSR count). The summed E-state index contributed by atoms with van der Waals surface area (Å²) in [6, 6.07) is 0. The number of hydrogen-bond donors (Lipinski definition) is 2. The van der Waals surface area contributed by atoms with Crippen LogP contribution in [0.1, 0.15) is 13.3 Å². The molecule has 0 aromatic carbocycles. The highest BCUT2D eigenvalue weighted by molar-refractivity contribution is 5.84. The van der Waals surface area contributed by atoms with Crippen molar-refractivity contribution in [3.8, 4) is 0 Å². The largest absolute Gasteiger partial charge is 0.377 e. The van der Waals surface area contributed by atoms with Crippen LogP contribution in [0.2, 0.25) is 0 Å². The Labute approximate surface area is 59.0 Å². The number of ether oxygens (including phenoxy) is 1. The van der Waals surface area contributed by atoms with Gasteiger partial charge in [0.2, 0.25) is 0 Å². The van der Waals surface area contributed by atoms with Gasteiger partial charge in [-0.2, -0.15) is 0 Å². The third kappa shape index (κ3) is 0.892. The fourth-order valence-corrected chi connectivity index (χ4v) is 1.06. The van der Waals surface area contributed by atoms with Crippen LogP contribution in [0.25, 0.3) is 0 Å². The van der Waals surface area contributed by atoms with Crippen molar-refractivity contribution >= 4 is 5.91 Å². The minimum absolute atomic E-state index is 0.309. The van der Waals surface area contributed by atoms with Gasteiger partial charge in [-0.1, -0.05) is 0 Å². The molecule has 1 aliphatic heterocycles. The van der Waals surface area contributed by atoms with E-state index in [1.807, 2.05) is 0 Å².